The second-order valence-corrected chi connectivity index (χ2v) is 8.41. The zero-order chi connectivity index (χ0) is 22.2. The van der Waals surface area contributed by atoms with Gasteiger partial charge in [-0.05, 0) is 44.5 Å². The smallest absolute Gasteiger partial charge is 0.122 e. The summed E-state index contributed by atoms with van der Waals surface area (Å²) >= 11 is 0. The second kappa shape index (κ2) is 9.08. The molecule has 1 aliphatic carbocycles. The molecule has 5 heteroatoms. The molecule has 4 N–H and O–H groups in total. The average molecular weight is 461 g/mol. The molecule has 0 saturated heterocycles. The van der Waals surface area contributed by atoms with E-state index in [0.29, 0.717) is 70.2 Å². The van der Waals surface area contributed by atoms with Crippen LogP contribution in [0.1, 0.15) is 44.5 Å². The van der Waals surface area contributed by atoms with Crippen LogP contribution < -0.4 is 0 Å². The Hall–Kier alpha value is -3.63. The summed E-state index contributed by atoms with van der Waals surface area (Å²) < 4.78 is 0. The van der Waals surface area contributed by atoms with E-state index in [2.05, 4.69) is 0 Å². The highest BCUT2D eigenvalue weighted by Gasteiger charge is 2.18. The van der Waals surface area contributed by atoms with Crippen LogP contribution in [0, 0.1) is 0 Å². The Morgan fingerprint density at radius 3 is 0.636 bits per heavy atom. The minimum atomic E-state index is 0. The summed E-state index contributed by atoms with van der Waals surface area (Å²) in [4.78, 5) is 0. The highest BCUT2D eigenvalue weighted by atomic mass is 35.5. The first-order chi connectivity index (χ1) is 15.5. The molecule has 1 aliphatic rings. The predicted molar refractivity (Wildman–Crippen MR) is 131 cm³/mol. The maximum Gasteiger partial charge on any atom is 0.122 e. The summed E-state index contributed by atoms with van der Waals surface area (Å²) in [5.41, 5.74) is 5.69. The van der Waals surface area contributed by atoms with Gasteiger partial charge < -0.3 is 20.4 Å². The number of hydrogen-bond acceptors (Lipinski definition) is 4. The first-order valence-corrected chi connectivity index (χ1v) is 10.7. The van der Waals surface area contributed by atoms with E-state index in [9.17, 15) is 20.4 Å². The van der Waals surface area contributed by atoms with Crippen LogP contribution in [0.25, 0.3) is 0 Å². The number of benzene rings is 4. The molecule has 0 radical (unpaired) electrons. The molecule has 0 amide bonds. The fourth-order valence-corrected chi connectivity index (χ4v) is 4.54. The standard InChI is InChI=1S/C28H24O4.ClH/c29-25-17-5-1-6-18(25)14-20-8-3-10-22(27(20)31)16-24-12-4-11-23(28(24)32)15-21-9-2-7-19(13-17)26(21)30;/h1-12,29-32H,13-16H2;1H. The number of phenolic OH excluding ortho intramolecular Hbond substituents is 4. The summed E-state index contributed by atoms with van der Waals surface area (Å²) in [5.74, 6) is 0.711. The van der Waals surface area contributed by atoms with Crippen LogP contribution in [0.15, 0.2) is 72.8 Å². The fourth-order valence-electron chi connectivity index (χ4n) is 4.54. The van der Waals surface area contributed by atoms with Gasteiger partial charge in [-0.25, -0.2) is 0 Å². The molecule has 4 nitrogen and oxygen atoms in total. The fraction of sp³-hybridized carbons (Fsp3) is 0.143. The Morgan fingerprint density at radius 2 is 0.485 bits per heavy atom. The van der Waals surface area contributed by atoms with Gasteiger partial charge in [0.05, 0.1) is 0 Å². The first-order valence-electron chi connectivity index (χ1n) is 10.7. The molecule has 5 rings (SSSR count). The maximum atomic E-state index is 10.9. The monoisotopic (exact) mass is 460 g/mol. The van der Waals surface area contributed by atoms with Crippen LogP contribution in [0.4, 0.5) is 0 Å². The Bertz CT molecular complexity index is 1040. The second-order valence-electron chi connectivity index (χ2n) is 8.41. The molecule has 0 heterocycles. The summed E-state index contributed by atoms with van der Waals surface area (Å²) in [6, 6.07) is 22.3. The van der Waals surface area contributed by atoms with Crippen molar-refractivity contribution in [2.24, 2.45) is 0 Å². The average Bonchev–Trinajstić information content (AvgIpc) is 2.78. The number of fused-ring (bicyclic) bond motifs is 8. The molecule has 0 fully saturated rings. The normalized spacial score (nSPS) is 12.6. The minimum absolute atomic E-state index is 0. The van der Waals surface area contributed by atoms with Gasteiger partial charge in [0.25, 0.3) is 0 Å². The summed E-state index contributed by atoms with van der Waals surface area (Å²) in [6.07, 6.45) is 1.49. The van der Waals surface area contributed by atoms with E-state index in [1.165, 1.54) is 0 Å². The molecule has 0 atom stereocenters. The first kappa shape index (κ1) is 22.6. The van der Waals surface area contributed by atoms with Gasteiger partial charge in [0.15, 0.2) is 0 Å². The van der Waals surface area contributed by atoms with Crippen molar-refractivity contribution in [3.63, 3.8) is 0 Å². The number of halogens is 1. The van der Waals surface area contributed by atoms with E-state index in [1.807, 2.05) is 72.8 Å². The number of rotatable bonds is 0. The zero-order valence-electron chi connectivity index (χ0n) is 18.0. The number of aromatic hydroxyl groups is 4. The van der Waals surface area contributed by atoms with Crippen molar-refractivity contribution in [3.8, 4) is 23.0 Å². The largest absolute Gasteiger partial charge is 0.507 e. The van der Waals surface area contributed by atoms with Crippen molar-refractivity contribution >= 4 is 12.4 Å². The van der Waals surface area contributed by atoms with Crippen molar-refractivity contribution in [3.05, 3.63) is 117 Å². The lowest BCUT2D eigenvalue weighted by Gasteiger charge is -2.16. The number of para-hydroxylation sites is 4. The van der Waals surface area contributed by atoms with E-state index in [1.54, 1.807) is 0 Å². The van der Waals surface area contributed by atoms with Crippen LogP contribution in [0.5, 0.6) is 23.0 Å². The van der Waals surface area contributed by atoms with Crippen LogP contribution in [0.2, 0.25) is 0 Å². The van der Waals surface area contributed by atoms with E-state index in [0.717, 1.165) is 0 Å². The van der Waals surface area contributed by atoms with E-state index in [4.69, 9.17) is 0 Å². The highest BCUT2D eigenvalue weighted by Crippen LogP contribution is 2.36. The lowest BCUT2D eigenvalue weighted by molar-refractivity contribution is 0.450. The molecular weight excluding hydrogens is 436 g/mol. The van der Waals surface area contributed by atoms with Gasteiger partial charge in [-0.1, -0.05) is 72.8 Å². The molecule has 0 unspecified atom stereocenters. The third-order valence-electron chi connectivity index (χ3n) is 6.34. The van der Waals surface area contributed by atoms with Crippen molar-refractivity contribution in [1.29, 1.82) is 0 Å². The Balaban J connectivity index is 0.00000259. The van der Waals surface area contributed by atoms with Crippen LogP contribution >= 0.6 is 12.4 Å². The minimum Gasteiger partial charge on any atom is -0.507 e. The quantitative estimate of drug-likeness (QED) is 0.242. The maximum absolute atomic E-state index is 10.9. The third-order valence-corrected chi connectivity index (χ3v) is 6.34. The number of hydrogen-bond donors (Lipinski definition) is 4. The molecule has 33 heavy (non-hydrogen) atoms. The van der Waals surface area contributed by atoms with Gasteiger partial charge in [0.2, 0.25) is 0 Å². The number of phenols is 4. The van der Waals surface area contributed by atoms with Gasteiger partial charge in [-0.15, -0.1) is 12.4 Å². The summed E-state index contributed by atoms with van der Waals surface area (Å²) in [6.45, 7) is 0. The lowest BCUT2D eigenvalue weighted by atomic mass is 9.91. The molecule has 0 spiro atoms. The molecular formula is C28H25ClO4. The van der Waals surface area contributed by atoms with Crippen LogP contribution in [0.3, 0.4) is 0 Å². The zero-order valence-corrected chi connectivity index (χ0v) is 18.8. The van der Waals surface area contributed by atoms with Crippen molar-refractivity contribution < 1.29 is 20.4 Å². The van der Waals surface area contributed by atoms with Crippen molar-refractivity contribution in [2.45, 2.75) is 25.7 Å². The molecule has 4 aromatic rings. The lowest BCUT2D eigenvalue weighted by Crippen LogP contribution is -2.00. The van der Waals surface area contributed by atoms with Gasteiger partial charge in [0.1, 0.15) is 23.0 Å². The van der Waals surface area contributed by atoms with Crippen molar-refractivity contribution in [2.75, 3.05) is 0 Å². The predicted octanol–water partition coefficient (Wildman–Crippen LogP) is 5.61. The molecule has 0 saturated carbocycles. The van der Waals surface area contributed by atoms with Crippen LogP contribution in [-0.2, 0) is 25.7 Å². The van der Waals surface area contributed by atoms with Gasteiger partial charge >= 0.3 is 0 Å². The highest BCUT2D eigenvalue weighted by molar-refractivity contribution is 5.85. The Labute approximate surface area is 198 Å². The van der Waals surface area contributed by atoms with E-state index >= 15 is 0 Å². The Kier molecular flexibility index (Phi) is 6.21. The molecule has 0 aliphatic heterocycles. The third kappa shape index (κ3) is 4.22. The van der Waals surface area contributed by atoms with E-state index in [-0.39, 0.29) is 35.4 Å². The van der Waals surface area contributed by atoms with Gasteiger partial charge in [0, 0.05) is 25.7 Å². The topological polar surface area (TPSA) is 80.9 Å². The van der Waals surface area contributed by atoms with E-state index < -0.39 is 0 Å². The molecule has 0 aromatic heterocycles. The van der Waals surface area contributed by atoms with Gasteiger partial charge in [-0.3, -0.25) is 0 Å². The van der Waals surface area contributed by atoms with Gasteiger partial charge in [-0.2, -0.15) is 0 Å². The summed E-state index contributed by atoms with van der Waals surface area (Å²) in [7, 11) is 0. The SMILES string of the molecule is Cl.Oc1c2cccc1Cc1cccc(c1O)Cc1cccc(c1O)Cc1cccc(c1O)C2. The Morgan fingerprint density at radius 1 is 0.333 bits per heavy atom. The molecule has 8 bridgehead atoms. The van der Waals surface area contributed by atoms with Crippen LogP contribution in [-0.4, -0.2) is 20.4 Å². The van der Waals surface area contributed by atoms with Crippen molar-refractivity contribution in [1.82, 2.24) is 0 Å². The summed E-state index contributed by atoms with van der Waals surface area (Å²) in [5, 5.41) is 43.8. The molecule has 4 aromatic carbocycles. The molecule has 168 valence electrons.